The SMILES string of the molecule is CCOc1cccc2c1[nH]c(=S)n2CCn1ccnc1. The highest BCUT2D eigenvalue weighted by Crippen LogP contribution is 2.24. The third-order valence-electron chi connectivity index (χ3n) is 3.21. The molecule has 1 N–H and O–H groups in total. The number of imidazole rings is 2. The Labute approximate surface area is 121 Å². The van der Waals surface area contributed by atoms with Crippen LogP contribution in [-0.2, 0) is 13.1 Å². The van der Waals surface area contributed by atoms with Gasteiger partial charge in [-0.2, -0.15) is 0 Å². The number of rotatable bonds is 5. The fourth-order valence-corrected chi connectivity index (χ4v) is 2.58. The maximum atomic E-state index is 5.63. The summed E-state index contributed by atoms with van der Waals surface area (Å²) in [4.78, 5) is 7.28. The number of aromatic nitrogens is 4. The molecule has 0 saturated carbocycles. The summed E-state index contributed by atoms with van der Waals surface area (Å²) < 4.78 is 10.5. The Balaban J connectivity index is 1.96. The summed E-state index contributed by atoms with van der Waals surface area (Å²) in [7, 11) is 0. The average Bonchev–Trinajstić information content (AvgIpc) is 3.05. The van der Waals surface area contributed by atoms with Crippen LogP contribution >= 0.6 is 12.2 Å². The van der Waals surface area contributed by atoms with Gasteiger partial charge in [-0.3, -0.25) is 0 Å². The van der Waals surface area contributed by atoms with Gasteiger partial charge in [0, 0.05) is 25.5 Å². The normalized spacial score (nSPS) is 11.1. The van der Waals surface area contributed by atoms with Crippen LogP contribution in [0.4, 0.5) is 0 Å². The Hall–Kier alpha value is -2.08. The summed E-state index contributed by atoms with van der Waals surface area (Å²) in [6.45, 7) is 4.24. The van der Waals surface area contributed by atoms with E-state index < -0.39 is 0 Å². The van der Waals surface area contributed by atoms with Crippen LogP contribution < -0.4 is 4.74 Å². The van der Waals surface area contributed by atoms with Gasteiger partial charge in [0.1, 0.15) is 11.3 Å². The maximum Gasteiger partial charge on any atom is 0.178 e. The number of nitrogens with zero attached hydrogens (tertiary/aromatic N) is 3. The van der Waals surface area contributed by atoms with Crippen molar-refractivity contribution in [3.63, 3.8) is 0 Å². The molecule has 0 atom stereocenters. The Morgan fingerprint density at radius 2 is 2.25 bits per heavy atom. The lowest BCUT2D eigenvalue weighted by Gasteiger charge is -2.07. The first-order chi connectivity index (χ1) is 9.79. The maximum absolute atomic E-state index is 5.63. The predicted molar refractivity (Wildman–Crippen MR) is 80.5 cm³/mol. The molecule has 0 aliphatic heterocycles. The quantitative estimate of drug-likeness (QED) is 0.734. The van der Waals surface area contributed by atoms with Crippen molar-refractivity contribution >= 4 is 23.3 Å². The van der Waals surface area contributed by atoms with E-state index in [1.807, 2.05) is 36.1 Å². The van der Waals surface area contributed by atoms with E-state index in [9.17, 15) is 0 Å². The summed E-state index contributed by atoms with van der Waals surface area (Å²) in [5.41, 5.74) is 2.03. The number of nitrogens with one attached hydrogen (secondary N) is 1. The molecule has 20 heavy (non-hydrogen) atoms. The number of para-hydroxylation sites is 1. The number of hydrogen-bond acceptors (Lipinski definition) is 3. The first-order valence-corrected chi connectivity index (χ1v) is 7.00. The molecule has 104 valence electrons. The van der Waals surface area contributed by atoms with E-state index in [2.05, 4.69) is 20.6 Å². The van der Waals surface area contributed by atoms with Gasteiger partial charge in [-0.15, -0.1) is 0 Å². The number of aryl methyl sites for hydroxylation is 2. The smallest absolute Gasteiger partial charge is 0.178 e. The van der Waals surface area contributed by atoms with Gasteiger partial charge in [0.25, 0.3) is 0 Å². The highest BCUT2D eigenvalue weighted by molar-refractivity contribution is 7.71. The predicted octanol–water partition coefficient (Wildman–Crippen LogP) is 2.99. The fraction of sp³-hybridized carbons (Fsp3) is 0.286. The number of benzene rings is 1. The van der Waals surface area contributed by atoms with Crippen molar-refractivity contribution in [2.45, 2.75) is 20.0 Å². The second-order valence-corrected chi connectivity index (χ2v) is 4.85. The van der Waals surface area contributed by atoms with Crippen LogP contribution in [0.5, 0.6) is 5.75 Å². The lowest BCUT2D eigenvalue weighted by Crippen LogP contribution is -2.05. The second kappa shape index (κ2) is 5.50. The van der Waals surface area contributed by atoms with Gasteiger partial charge in [-0.25, -0.2) is 4.98 Å². The van der Waals surface area contributed by atoms with E-state index in [0.717, 1.165) is 29.9 Å². The topological polar surface area (TPSA) is 47.8 Å². The van der Waals surface area contributed by atoms with Gasteiger partial charge < -0.3 is 18.9 Å². The Kier molecular flexibility index (Phi) is 3.56. The minimum atomic E-state index is 0.639. The molecular formula is C14H16N4OS. The zero-order chi connectivity index (χ0) is 13.9. The summed E-state index contributed by atoms with van der Waals surface area (Å²) >= 11 is 5.42. The molecule has 0 fully saturated rings. The summed E-state index contributed by atoms with van der Waals surface area (Å²) in [6, 6.07) is 6.00. The molecule has 3 rings (SSSR count). The molecule has 5 nitrogen and oxygen atoms in total. The molecule has 2 aromatic heterocycles. The van der Waals surface area contributed by atoms with E-state index >= 15 is 0 Å². The van der Waals surface area contributed by atoms with Gasteiger partial charge in [0.2, 0.25) is 0 Å². The molecule has 2 heterocycles. The molecule has 0 amide bonds. The molecule has 0 unspecified atom stereocenters. The number of aromatic amines is 1. The van der Waals surface area contributed by atoms with Gasteiger partial charge in [0.15, 0.2) is 4.77 Å². The summed E-state index contributed by atoms with van der Waals surface area (Å²) in [5, 5.41) is 0. The number of hydrogen-bond donors (Lipinski definition) is 1. The lowest BCUT2D eigenvalue weighted by atomic mass is 10.3. The molecule has 3 aromatic rings. The van der Waals surface area contributed by atoms with Crippen molar-refractivity contribution in [1.82, 2.24) is 19.1 Å². The van der Waals surface area contributed by atoms with Gasteiger partial charge in [0.05, 0.1) is 18.5 Å². The highest BCUT2D eigenvalue weighted by Gasteiger charge is 2.08. The monoisotopic (exact) mass is 288 g/mol. The van der Waals surface area contributed by atoms with Crippen molar-refractivity contribution in [3.05, 3.63) is 41.7 Å². The van der Waals surface area contributed by atoms with Crippen molar-refractivity contribution in [2.24, 2.45) is 0 Å². The minimum Gasteiger partial charge on any atom is -0.492 e. The summed E-state index contributed by atoms with van der Waals surface area (Å²) in [6.07, 6.45) is 5.54. The molecule has 0 aliphatic carbocycles. The number of H-pyrrole nitrogens is 1. The van der Waals surface area contributed by atoms with Crippen molar-refractivity contribution in [1.29, 1.82) is 0 Å². The van der Waals surface area contributed by atoms with E-state index in [4.69, 9.17) is 17.0 Å². The van der Waals surface area contributed by atoms with Crippen LogP contribution in [0.2, 0.25) is 0 Å². The summed E-state index contributed by atoms with van der Waals surface area (Å²) in [5.74, 6) is 0.845. The van der Waals surface area contributed by atoms with Gasteiger partial charge in [-0.1, -0.05) is 6.07 Å². The Morgan fingerprint density at radius 1 is 1.35 bits per heavy atom. The molecule has 1 aromatic carbocycles. The lowest BCUT2D eigenvalue weighted by molar-refractivity contribution is 0.343. The first kappa shape index (κ1) is 12.9. The zero-order valence-electron chi connectivity index (χ0n) is 11.2. The molecular weight excluding hydrogens is 272 g/mol. The molecule has 0 aliphatic rings. The van der Waals surface area contributed by atoms with E-state index in [0.29, 0.717) is 11.4 Å². The van der Waals surface area contributed by atoms with Crippen molar-refractivity contribution < 1.29 is 4.74 Å². The minimum absolute atomic E-state index is 0.639. The van der Waals surface area contributed by atoms with Crippen LogP contribution in [-0.4, -0.2) is 25.7 Å². The average molecular weight is 288 g/mol. The van der Waals surface area contributed by atoms with Crippen molar-refractivity contribution in [3.8, 4) is 5.75 Å². The number of fused-ring (bicyclic) bond motifs is 1. The first-order valence-electron chi connectivity index (χ1n) is 6.59. The van der Waals surface area contributed by atoms with E-state index in [-0.39, 0.29) is 0 Å². The molecule has 0 bridgehead atoms. The molecule has 0 radical (unpaired) electrons. The highest BCUT2D eigenvalue weighted by atomic mass is 32.1. The van der Waals surface area contributed by atoms with E-state index in [1.165, 1.54) is 0 Å². The van der Waals surface area contributed by atoms with Crippen molar-refractivity contribution in [2.75, 3.05) is 6.61 Å². The fourth-order valence-electron chi connectivity index (χ4n) is 2.29. The third kappa shape index (κ3) is 2.34. The Morgan fingerprint density at radius 3 is 3.00 bits per heavy atom. The van der Waals surface area contributed by atoms with Crippen LogP contribution in [0.25, 0.3) is 11.0 Å². The van der Waals surface area contributed by atoms with Crippen LogP contribution in [0.15, 0.2) is 36.9 Å². The van der Waals surface area contributed by atoms with Gasteiger partial charge in [-0.05, 0) is 31.3 Å². The van der Waals surface area contributed by atoms with Crippen LogP contribution in [0.3, 0.4) is 0 Å². The number of ether oxygens (including phenoxy) is 1. The molecule has 0 spiro atoms. The second-order valence-electron chi connectivity index (χ2n) is 4.47. The van der Waals surface area contributed by atoms with E-state index in [1.54, 1.807) is 6.20 Å². The third-order valence-corrected chi connectivity index (χ3v) is 3.54. The van der Waals surface area contributed by atoms with Crippen LogP contribution in [0.1, 0.15) is 6.92 Å². The van der Waals surface area contributed by atoms with Crippen LogP contribution in [0, 0.1) is 4.77 Å². The van der Waals surface area contributed by atoms with Gasteiger partial charge >= 0.3 is 0 Å². The Bertz CT molecular complexity index is 757. The zero-order valence-corrected chi connectivity index (χ0v) is 12.1. The standard InChI is InChI=1S/C14H16N4OS/c1-2-19-12-5-3-4-11-13(12)16-14(20)18(11)9-8-17-7-6-15-10-17/h3-7,10H,2,8-9H2,1H3,(H,16,20). The molecule has 0 saturated heterocycles. The molecule has 6 heteroatoms. The largest absolute Gasteiger partial charge is 0.492 e.